The van der Waals surface area contributed by atoms with Crippen LogP contribution in [0.15, 0.2) is 23.6 Å². The highest BCUT2D eigenvalue weighted by Crippen LogP contribution is 2.32. The van der Waals surface area contributed by atoms with E-state index in [0.717, 1.165) is 35.3 Å². The Kier molecular flexibility index (Phi) is 3.17. The number of nitrogens with one attached hydrogen (secondary N) is 1. The Labute approximate surface area is 110 Å². The van der Waals surface area contributed by atoms with E-state index in [1.54, 1.807) is 11.3 Å². The summed E-state index contributed by atoms with van der Waals surface area (Å²) in [5.74, 6) is 1.66. The molecule has 2 heterocycles. The number of thiazole rings is 1. The van der Waals surface area contributed by atoms with E-state index in [9.17, 15) is 0 Å². The molecule has 4 nitrogen and oxygen atoms in total. The lowest BCUT2D eigenvalue weighted by molar-refractivity contribution is 0.174. The first-order valence-electron chi connectivity index (χ1n) is 5.81. The van der Waals surface area contributed by atoms with Gasteiger partial charge in [-0.2, -0.15) is 0 Å². The summed E-state index contributed by atoms with van der Waals surface area (Å²) in [7, 11) is 0. The molecule has 0 radical (unpaired) electrons. The van der Waals surface area contributed by atoms with Gasteiger partial charge in [0.15, 0.2) is 11.5 Å². The number of rotatable bonds is 4. The molecule has 18 heavy (non-hydrogen) atoms. The molecule has 1 aliphatic heterocycles. The number of hydrogen-bond donors (Lipinski definition) is 1. The van der Waals surface area contributed by atoms with Gasteiger partial charge in [0.05, 0.1) is 0 Å². The third-order valence-electron chi connectivity index (χ3n) is 2.71. The van der Waals surface area contributed by atoms with Crippen molar-refractivity contribution in [3.05, 3.63) is 39.8 Å². The zero-order chi connectivity index (χ0) is 12.4. The van der Waals surface area contributed by atoms with Crippen LogP contribution in [0.1, 0.15) is 16.3 Å². The fourth-order valence-corrected chi connectivity index (χ4v) is 2.59. The Bertz CT molecular complexity index is 554. The van der Waals surface area contributed by atoms with Gasteiger partial charge in [-0.15, -0.1) is 11.3 Å². The van der Waals surface area contributed by atoms with Crippen molar-refractivity contribution in [3.63, 3.8) is 0 Å². The van der Waals surface area contributed by atoms with Crippen molar-refractivity contribution in [2.45, 2.75) is 20.0 Å². The van der Waals surface area contributed by atoms with E-state index in [4.69, 9.17) is 9.47 Å². The zero-order valence-corrected chi connectivity index (χ0v) is 10.9. The van der Waals surface area contributed by atoms with Crippen LogP contribution in [0.5, 0.6) is 11.5 Å². The fraction of sp³-hybridized carbons (Fsp3) is 0.308. The van der Waals surface area contributed by atoms with Gasteiger partial charge >= 0.3 is 0 Å². The summed E-state index contributed by atoms with van der Waals surface area (Å²) in [5.41, 5.74) is 2.27. The Morgan fingerprint density at radius 3 is 3.00 bits per heavy atom. The molecule has 3 rings (SSSR count). The van der Waals surface area contributed by atoms with E-state index in [2.05, 4.69) is 15.7 Å². The molecule has 0 saturated heterocycles. The number of aryl methyl sites for hydroxylation is 1. The SMILES string of the molecule is Cc1csc(CNCc2ccc3c(c2)OCO3)n1. The Hall–Kier alpha value is -1.59. The van der Waals surface area contributed by atoms with Gasteiger partial charge < -0.3 is 14.8 Å². The van der Waals surface area contributed by atoms with Crippen molar-refractivity contribution in [2.24, 2.45) is 0 Å². The molecule has 1 aromatic carbocycles. The molecule has 0 unspecified atom stereocenters. The summed E-state index contributed by atoms with van der Waals surface area (Å²) in [5, 5.41) is 6.56. The van der Waals surface area contributed by atoms with E-state index in [1.165, 1.54) is 5.56 Å². The highest BCUT2D eigenvalue weighted by Gasteiger charge is 2.12. The van der Waals surface area contributed by atoms with Crippen molar-refractivity contribution < 1.29 is 9.47 Å². The molecule has 1 aromatic heterocycles. The molecule has 0 saturated carbocycles. The minimum atomic E-state index is 0.324. The standard InChI is InChI=1S/C13H14N2O2S/c1-9-7-18-13(15-9)6-14-5-10-2-3-11-12(4-10)17-8-16-11/h2-4,7,14H,5-6,8H2,1H3. The molecule has 0 fully saturated rings. The largest absolute Gasteiger partial charge is 0.454 e. The maximum atomic E-state index is 5.35. The van der Waals surface area contributed by atoms with Gasteiger partial charge in [0.25, 0.3) is 0 Å². The van der Waals surface area contributed by atoms with Crippen LogP contribution in [0.25, 0.3) is 0 Å². The molecule has 94 valence electrons. The van der Waals surface area contributed by atoms with Crippen LogP contribution in [-0.2, 0) is 13.1 Å². The van der Waals surface area contributed by atoms with Crippen LogP contribution >= 0.6 is 11.3 Å². The number of fused-ring (bicyclic) bond motifs is 1. The second kappa shape index (κ2) is 4.96. The first-order valence-corrected chi connectivity index (χ1v) is 6.69. The molecular weight excluding hydrogens is 248 g/mol. The van der Waals surface area contributed by atoms with Gasteiger partial charge in [-0.1, -0.05) is 6.07 Å². The summed E-state index contributed by atoms with van der Waals surface area (Å²) >= 11 is 1.69. The highest BCUT2D eigenvalue weighted by atomic mass is 32.1. The number of aromatic nitrogens is 1. The average molecular weight is 262 g/mol. The quantitative estimate of drug-likeness (QED) is 0.919. The third-order valence-corrected chi connectivity index (χ3v) is 3.68. The summed E-state index contributed by atoms with van der Waals surface area (Å²) in [6.07, 6.45) is 0. The lowest BCUT2D eigenvalue weighted by Gasteiger charge is -2.04. The molecule has 0 amide bonds. The molecule has 1 N–H and O–H groups in total. The van der Waals surface area contributed by atoms with Gasteiger partial charge in [0, 0.05) is 24.2 Å². The minimum absolute atomic E-state index is 0.324. The van der Waals surface area contributed by atoms with Crippen molar-refractivity contribution in [1.82, 2.24) is 10.3 Å². The van der Waals surface area contributed by atoms with Crippen LogP contribution in [0.2, 0.25) is 0 Å². The van der Waals surface area contributed by atoms with Gasteiger partial charge in [0.2, 0.25) is 6.79 Å². The van der Waals surface area contributed by atoms with Crippen molar-refractivity contribution >= 4 is 11.3 Å². The smallest absolute Gasteiger partial charge is 0.231 e. The van der Waals surface area contributed by atoms with Crippen LogP contribution in [-0.4, -0.2) is 11.8 Å². The predicted molar refractivity (Wildman–Crippen MR) is 70.0 cm³/mol. The first kappa shape index (κ1) is 11.5. The maximum absolute atomic E-state index is 5.35. The topological polar surface area (TPSA) is 43.4 Å². The van der Waals surface area contributed by atoms with Crippen LogP contribution in [0, 0.1) is 6.92 Å². The molecule has 0 aliphatic carbocycles. The lowest BCUT2D eigenvalue weighted by atomic mass is 10.2. The summed E-state index contributed by atoms with van der Waals surface area (Å²) in [6.45, 7) is 3.94. The lowest BCUT2D eigenvalue weighted by Crippen LogP contribution is -2.12. The normalized spacial score (nSPS) is 12.9. The molecule has 2 aromatic rings. The third kappa shape index (κ3) is 2.47. The van der Waals surface area contributed by atoms with Crippen molar-refractivity contribution in [1.29, 1.82) is 0 Å². The number of ether oxygens (including phenoxy) is 2. The van der Waals surface area contributed by atoms with Gasteiger partial charge in [-0.3, -0.25) is 0 Å². The molecular formula is C13H14N2O2S. The predicted octanol–water partition coefficient (Wildman–Crippen LogP) is 2.47. The molecule has 0 bridgehead atoms. The Balaban J connectivity index is 1.57. The summed E-state index contributed by atoms with van der Waals surface area (Å²) in [6, 6.07) is 6.02. The monoisotopic (exact) mass is 262 g/mol. The molecule has 0 atom stereocenters. The Morgan fingerprint density at radius 1 is 1.28 bits per heavy atom. The van der Waals surface area contributed by atoms with Crippen LogP contribution in [0.3, 0.4) is 0 Å². The number of nitrogens with zero attached hydrogens (tertiary/aromatic N) is 1. The van der Waals surface area contributed by atoms with Gasteiger partial charge in [-0.25, -0.2) is 4.98 Å². The zero-order valence-electron chi connectivity index (χ0n) is 10.1. The number of benzene rings is 1. The van der Waals surface area contributed by atoms with E-state index in [-0.39, 0.29) is 0 Å². The minimum Gasteiger partial charge on any atom is -0.454 e. The second-order valence-corrected chi connectivity index (χ2v) is 5.12. The van der Waals surface area contributed by atoms with E-state index in [1.807, 2.05) is 25.1 Å². The highest BCUT2D eigenvalue weighted by molar-refractivity contribution is 7.09. The van der Waals surface area contributed by atoms with E-state index in [0.29, 0.717) is 6.79 Å². The van der Waals surface area contributed by atoms with Gasteiger partial charge in [-0.05, 0) is 24.6 Å². The fourth-order valence-electron chi connectivity index (χ4n) is 1.85. The summed E-state index contributed by atoms with van der Waals surface area (Å²) < 4.78 is 10.6. The number of hydrogen-bond acceptors (Lipinski definition) is 5. The molecule has 5 heteroatoms. The molecule has 1 aliphatic rings. The van der Waals surface area contributed by atoms with E-state index < -0.39 is 0 Å². The van der Waals surface area contributed by atoms with Crippen LogP contribution in [0.4, 0.5) is 0 Å². The van der Waals surface area contributed by atoms with E-state index >= 15 is 0 Å². The second-order valence-electron chi connectivity index (χ2n) is 4.17. The van der Waals surface area contributed by atoms with Gasteiger partial charge in [0.1, 0.15) is 5.01 Å². The first-order chi connectivity index (χ1) is 8.81. The molecule has 0 spiro atoms. The van der Waals surface area contributed by atoms with Crippen LogP contribution < -0.4 is 14.8 Å². The average Bonchev–Trinajstić information content (AvgIpc) is 2.97. The van der Waals surface area contributed by atoms with Crippen molar-refractivity contribution in [2.75, 3.05) is 6.79 Å². The Morgan fingerprint density at radius 2 is 2.17 bits per heavy atom. The maximum Gasteiger partial charge on any atom is 0.231 e. The summed E-state index contributed by atoms with van der Waals surface area (Å²) in [4.78, 5) is 4.41. The van der Waals surface area contributed by atoms with Crippen molar-refractivity contribution in [3.8, 4) is 11.5 Å².